The lowest BCUT2D eigenvalue weighted by Gasteiger charge is -2.30. The van der Waals surface area contributed by atoms with Crippen LogP contribution in [0, 0.1) is 12.8 Å². The molecule has 0 atom stereocenters. The molecule has 6 heteroatoms. The van der Waals surface area contributed by atoms with Gasteiger partial charge in [-0.2, -0.15) is 0 Å². The van der Waals surface area contributed by atoms with Crippen molar-refractivity contribution in [2.45, 2.75) is 90.0 Å². The molecule has 39 heavy (non-hydrogen) atoms. The van der Waals surface area contributed by atoms with Crippen molar-refractivity contribution >= 4 is 5.91 Å². The molecule has 3 fully saturated rings. The van der Waals surface area contributed by atoms with Crippen molar-refractivity contribution in [2.75, 3.05) is 46.0 Å². The molecule has 2 aliphatic heterocycles. The number of rotatable bonds is 8. The fraction of sp³-hybridized carbons (Fsp3) is 0.667. The highest BCUT2D eigenvalue weighted by Crippen LogP contribution is 2.58. The number of carbonyl (C=O) groups excluding carboxylic acids is 1. The fourth-order valence-electron chi connectivity index (χ4n) is 7.16. The van der Waals surface area contributed by atoms with Crippen molar-refractivity contribution in [3.05, 3.63) is 40.6 Å². The zero-order valence-corrected chi connectivity index (χ0v) is 24.3. The van der Waals surface area contributed by atoms with Crippen molar-refractivity contribution in [1.82, 2.24) is 14.8 Å². The van der Waals surface area contributed by atoms with Crippen molar-refractivity contribution < 1.29 is 14.3 Å². The second kappa shape index (κ2) is 11.3. The molecule has 0 unspecified atom stereocenters. The van der Waals surface area contributed by atoms with Gasteiger partial charge in [-0.05, 0) is 80.2 Å². The van der Waals surface area contributed by atoms with Gasteiger partial charge < -0.3 is 19.4 Å². The second-order valence-electron chi connectivity index (χ2n) is 12.8. The van der Waals surface area contributed by atoms with Gasteiger partial charge in [0.25, 0.3) is 5.91 Å². The molecule has 1 saturated heterocycles. The summed E-state index contributed by atoms with van der Waals surface area (Å²) in [4.78, 5) is 15.9. The van der Waals surface area contributed by atoms with E-state index in [1.165, 1.54) is 67.3 Å². The van der Waals surface area contributed by atoms with Crippen LogP contribution in [0.2, 0.25) is 0 Å². The van der Waals surface area contributed by atoms with E-state index in [1.807, 2.05) is 0 Å². The maximum atomic E-state index is 13.5. The van der Waals surface area contributed by atoms with E-state index < -0.39 is 0 Å². The van der Waals surface area contributed by atoms with Crippen molar-refractivity contribution in [3.63, 3.8) is 0 Å². The van der Waals surface area contributed by atoms with E-state index in [0.29, 0.717) is 23.8 Å². The lowest BCUT2D eigenvalue weighted by atomic mass is 9.84. The molecule has 0 radical (unpaired) electrons. The lowest BCUT2D eigenvalue weighted by Crippen LogP contribution is -2.41. The van der Waals surface area contributed by atoms with Gasteiger partial charge in [-0.15, -0.1) is 0 Å². The summed E-state index contributed by atoms with van der Waals surface area (Å²) >= 11 is 0. The maximum absolute atomic E-state index is 13.5. The highest BCUT2D eigenvalue weighted by molar-refractivity contribution is 5.97. The van der Waals surface area contributed by atoms with Crippen LogP contribution < -0.4 is 10.1 Å². The number of carbonyl (C=O) groups is 1. The number of nitrogens with one attached hydrogen (secondary N) is 1. The van der Waals surface area contributed by atoms with Crippen LogP contribution in [-0.4, -0.2) is 61.4 Å². The van der Waals surface area contributed by atoms with Gasteiger partial charge in [-0.3, -0.25) is 9.69 Å². The van der Waals surface area contributed by atoms with E-state index in [4.69, 9.17) is 9.47 Å². The number of amides is 1. The zero-order valence-electron chi connectivity index (χ0n) is 24.3. The Kier molecular flexibility index (Phi) is 7.78. The van der Waals surface area contributed by atoms with Crippen LogP contribution >= 0.6 is 0 Å². The molecule has 1 amide bonds. The Morgan fingerprint density at radius 2 is 1.82 bits per heavy atom. The number of aromatic nitrogens is 1. The molecule has 212 valence electrons. The number of hydrogen-bond donors (Lipinski definition) is 1. The van der Waals surface area contributed by atoms with Gasteiger partial charge in [-0.25, -0.2) is 0 Å². The number of benzene rings is 1. The largest absolute Gasteiger partial charge is 0.493 e. The topological polar surface area (TPSA) is 55.7 Å². The standard InChI is InChI=1S/C33H47N3O3/c1-23(2)27-19-26(20-29-31(27)39-16-11-33(29)9-10-33)30-21-28(24(3)36(30)22-25-7-5-4-6-8-25)32(37)34-12-13-35-14-17-38-18-15-35/h19-21,23,25H,4-18,22H2,1-3H3,(H,34,37). The number of nitrogens with zero attached hydrogens (tertiary/aromatic N) is 2. The summed E-state index contributed by atoms with van der Waals surface area (Å²) in [6.07, 6.45) is 10.2. The third-order valence-electron chi connectivity index (χ3n) is 9.88. The minimum atomic E-state index is 0.0495. The first-order chi connectivity index (χ1) is 18.9. The second-order valence-corrected chi connectivity index (χ2v) is 12.8. The summed E-state index contributed by atoms with van der Waals surface area (Å²) in [5.74, 6) is 2.26. The molecule has 4 aliphatic rings. The molecule has 1 spiro atoms. The summed E-state index contributed by atoms with van der Waals surface area (Å²) in [6, 6.07) is 6.95. The summed E-state index contributed by atoms with van der Waals surface area (Å²) in [7, 11) is 0. The van der Waals surface area contributed by atoms with Crippen LogP contribution in [0.5, 0.6) is 5.75 Å². The van der Waals surface area contributed by atoms with Crippen LogP contribution in [0.4, 0.5) is 0 Å². The van der Waals surface area contributed by atoms with Gasteiger partial charge in [0.15, 0.2) is 0 Å². The number of hydrogen-bond acceptors (Lipinski definition) is 4. The maximum Gasteiger partial charge on any atom is 0.253 e. The van der Waals surface area contributed by atoms with Gasteiger partial charge >= 0.3 is 0 Å². The first kappa shape index (κ1) is 26.9. The van der Waals surface area contributed by atoms with E-state index >= 15 is 0 Å². The van der Waals surface area contributed by atoms with Crippen LogP contribution in [0.15, 0.2) is 18.2 Å². The molecular formula is C33H47N3O3. The Bertz CT molecular complexity index is 1180. The quantitative estimate of drug-likeness (QED) is 0.449. The van der Waals surface area contributed by atoms with Crippen LogP contribution in [-0.2, 0) is 16.7 Å². The van der Waals surface area contributed by atoms with E-state index in [1.54, 1.807) is 0 Å². The number of ether oxygens (including phenoxy) is 2. The molecule has 1 N–H and O–H groups in total. The van der Waals surface area contributed by atoms with Gasteiger partial charge in [0.2, 0.25) is 0 Å². The first-order valence-corrected chi connectivity index (χ1v) is 15.6. The van der Waals surface area contributed by atoms with Crippen molar-refractivity contribution in [1.29, 1.82) is 0 Å². The average molecular weight is 534 g/mol. The third-order valence-corrected chi connectivity index (χ3v) is 9.88. The Labute approximate surface area is 234 Å². The predicted molar refractivity (Wildman–Crippen MR) is 156 cm³/mol. The molecular weight excluding hydrogens is 486 g/mol. The van der Waals surface area contributed by atoms with Crippen LogP contribution in [0.3, 0.4) is 0 Å². The molecule has 0 bridgehead atoms. The Balaban J connectivity index is 1.33. The molecule has 2 aliphatic carbocycles. The first-order valence-electron chi connectivity index (χ1n) is 15.6. The average Bonchev–Trinajstić information content (AvgIpc) is 3.65. The van der Waals surface area contributed by atoms with Crippen molar-refractivity contribution in [2.24, 2.45) is 5.92 Å². The third kappa shape index (κ3) is 5.52. The van der Waals surface area contributed by atoms with Crippen LogP contribution in [0.25, 0.3) is 11.3 Å². The van der Waals surface area contributed by atoms with E-state index in [2.05, 4.69) is 53.8 Å². The highest BCUT2D eigenvalue weighted by atomic mass is 16.5. The molecule has 2 saturated carbocycles. The molecule has 1 aromatic carbocycles. The Morgan fingerprint density at radius 3 is 2.54 bits per heavy atom. The summed E-state index contributed by atoms with van der Waals surface area (Å²) in [5, 5.41) is 3.23. The normalized spacial score (nSPS) is 21.1. The highest BCUT2D eigenvalue weighted by Gasteiger charge is 2.48. The number of morpholine rings is 1. The van der Waals surface area contributed by atoms with Crippen LogP contribution in [0.1, 0.15) is 98.3 Å². The molecule has 6 nitrogen and oxygen atoms in total. The van der Waals surface area contributed by atoms with E-state index in [-0.39, 0.29) is 5.91 Å². The lowest BCUT2D eigenvalue weighted by molar-refractivity contribution is 0.0383. The smallest absolute Gasteiger partial charge is 0.253 e. The van der Waals surface area contributed by atoms with Gasteiger partial charge in [0.1, 0.15) is 5.75 Å². The van der Waals surface area contributed by atoms with Gasteiger partial charge in [0, 0.05) is 55.1 Å². The SMILES string of the molecule is Cc1c(C(=O)NCCN2CCOCC2)cc(-c2cc(C(C)C)c3c(c2)C2(CCO3)CC2)n1CC1CCCCC1. The minimum absolute atomic E-state index is 0.0495. The summed E-state index contributed by atoms with van der Waals surface area (Å²) in [6.45, 7) is 13.5. The predicted octanol–water partition coefficient (Wildman–Crippen LogP) is 6.04. The van der Waals surface area contributed by atoms with E-state index in [0.717, 1.165) is 69.4 Å². The fourth-order valence-corrected chi connectivity index (χ4v) is 7.16. The number of fused-ring (bicyclic) bond motifs is 2. The monoisotopic (exact) mass is 533 g/mol. The molecule has 6 rings (SSSR count). The summed E-state index contributed by atoms with van der Waals surface area (Å²) < 4.78 is 14.3. The molecule has 1 aromatic heterocycles. The Morgan fingerprint density at radius 1 is 1.05 bits per heavy atom. The summed E-state index contributed by atoms with van der Waals surface area (Å²) in [5.41, 5.74) is 7.40. The van der Waals surface area contributed by atoms with Gasteiger partial charge in [-0.1, -0.05) is 33.1 Å². The minimum Gasteiger partial charge on any atom is -0.493 e. The molecule has 2 aromatic rings. The Hall–Kier alpha value is -2.31. The molecule has 3 heterocycles. The van der Waals surface area contributed by atoms with E-state index in [9.17, 15) is 4.79 Å². The zero-order chi connectivity index (χ0) is 27.0. The van der Waals surface area contributed by atoms with Gasteiger partial charge in [0.05, 0.1) is 25.4 Å². The van der Waals surface area contributed by atoms with Crippen molar-refractivity contribution in [3.8, 4) is 17.0 Å².